The molecule has 1 atom stereocenters. The largest absolute Gasteiger partial charge is 0.467 e. The molecule has 0 aliphatic heterocycles. The van der Waals surface area contributed by atoms with E-state index in [1.807, 2.05) is 60.8 Å². The summed E-state index contributed by atoms with van der Waals surface area (Å²) in [6, 6.07) is 29.7. The van der Waals surface area contributed by atoms with Crippen LogP contribution in [0.5, 0.6) is 0 Å². The second kappa shape index (κ2) is 11.3. The van der Waals surface area contributed by atoms with Gasteiger partial charge in [0.25, 0.3) is 0 Å². The SMILES string of the molecule is COC(=O)[C@H](Cc1cn(C(c2ccccc2)(c2ccccc2)c2ccccc2)cn1)NC(=O)OC(C)(C)C. The maximum atomic E-state index is 12.6. The zero-order chi connectivity index (χ0) is 27.2. The number of aromatic nitrogens is 2. The van der Waals surface area contributed by atoms with E-state index in [9.17, 15) is 9.59 Å². The van der Waals surface area contributed by atoms with E-state index in [1.165, 1.54) is 7.11 Å². The number of esters is 1. The Balaban J connectivity index is 1.79. The zero-order valence-corrected chi connectivity index (χ0v) is 22.1. The van der Waals surface area contributed by atoms with Crippen molar-refractivity contribution < 1.29 is 19.1 Å². The van der Waals surface area contributed by atoms with Crippen molar-refractivity contribution in [3.05, 3.63) is 126 Å². The summed E-state index contributed by atoms with van der Waals surface area (Å²) in [6.45, 7) is 5.28. The van der Waals surface area contributed by atoms with E-state index in [2.05, 4.69) is 51.3 Å². The molecule has 0 fully saturated rings. The standard InChI is InChI=1S/C31H33N3O4/c1-30(2,3)38-29(36)33-27(28(35)37-4)20-26-21-34(22-32-26)31(23-14-8-5-9-15-23,24-16-10-6-11-17-24)25-18-12-7-13-19-25/h5-19,21-22,27H,20H2,1-4H3,(H,33,36)/t27-/m0/s1. The third-order valence-corrected chi connectivity index (χ3v) is 6.19. The third kappa shape index (κ3) is 5.78. The van der Waals surface area contributed by atoms with E-state index in [0.29, 0.717) is 5.69 Å². The molecule has 1 heterocycles. The molecule has 196 valence electrons. The van der Waals surface area contributed by atoms with Gasteiger partial charge >= 0.3 is 12.1 Å². The maximum Gasteiger partial charge on any atom is 0.408 e. The molecule has 0 aliphatic rings. The fraction of sp³-hybridized carbons (Fsp3) is 0.258. The lowest BCUT2D eigenvalue weighted by atomic mass is 9.77. The number of benzene rings is 3. The smallest absolute Gasteiger partial charge is 0.408 e. The van der Waals surface area contributed by atoms with Gasteiger partial charge in [-0.3, -0.25) is 0 Å². The molecule has 38 heavy (non-hydrogen) atoms. The maximum absolute atomic E-state index is 12.6. The first kappa shape index (κ1) is 26.7. The van der Waals surface area contributed by atoms with Gasteiger partial charge in [0.15, 0.2) is 0 Å². The molecule has 1 aromatic heterocycles. The first-order valence-electron chi connectivity index (χ1n) is 12.5. The molecule has 0 spiro atoms. The van der Waals surface area contributed by atoms with Gasteiger partial charge in [0.1, 0.15) is 17.2 Å². The summed E-state index contributed by atoms with van der Waals surface area (Å²) in [7, 11) is 1.29. The van der Waals surface area contributed by atoms with Crippen molar-refractivity contribution in [1.82, 2.24) is 14.9 Å². The topological polar surface area (TPSA) is 82.5 Å². The molecule has 1 amide bonds. The Labute approximate surface area is 223 Å². The van der Waals surface area contributed by atoms with Crippen LogP contribution in [0, 0.1) is 0 Å². The van der Waals surface area contributed by atoms with Crippen molar-refractivity contribution >= 4 is 12.1 Å². The summed E-state index contributed by atoms with van der Waals surface area (Å²) in [5.41, 5.74) is 2.35. The van der Waals surface area contributed by atoms with Crippen LogP contribution in [0.2, 0.25) is 0 Å². The van der Waals surface area contributed by atoms with Crippen LogP contribution in [0.15, 0.2) is 104 Å². The summed E-state index contributed by atoms with van der Waals surface area (Å²) in [5.74, 6) is -0.578. The number of imidazole rings is 1. The second-order valence-electron chi connectivity index (χ2n) is 10.0. The van der Waals surface area contributed by atoms with E-state index in [0.717, 1.165) is 16.7 Å². The number of alkyl carbamates (subject to hydrolysis) is 1. The summed E-state index contributed by atoms with van der Waals surface area (Å²) in [6.07, 6.45) is 3.12. The van der Waals surface area contributed by atoms with Crippen molar-refractivity contribution in [2.75, 3.05) is 7.11 Å². The summed E-state index contributed by atoms with van der Waals surface area (Å²) in [5, 5.41) is 2.63. The Kier molecular flexibility index (Phi) is 7.96. The second-order valence-corrected chi connectivity index (χ2v) is 10.0. The molecule has 7 heteroatoms. The summed E-state index contributed by atoms with van der Waals surface area (Å²) >= 11 is 0. The summed E-state index contributed by atoms with van der Waals surface area (Å²) in [4.78, 5) is 29.7. The Morgan fingerprint density at radius 1 is 0.842 bits per heavy atom. The van der Waals surface area contributed by atoms with Crippen LogP contribution in [-0.2, 0) is 26.2 Å². The fourth-order valence-electron chi connectivity index (χ4n) is 4.63. The van der Waals surface area contributed by atoms with Gasteiger partial charge in [-0.1, -0.05) is 91.0 Å². The van der Waals surface area contributed by atoms with Crippen molar-refractivity contribution in [2.45, 2.75) is 44.4 Å². The van der Waals surface area contributed by atoms with Crippen molar-refractivity contribution in [3.63, 3.8) is 0 Å². The van der Waals surface area contributed by atoms with Crippen LogP contribution in [0.4, 0.5) is 4.79 Å². The Hall–Kier alpha value is -4.39. The van der Waals surface area contributed by atoms with E-state index in [-0.39, 0.29) is 6.42 Å². The van der Waals surface area contributed by atoms with Crippen LogP contribution in [0.25, 0.3) is 0 Å². The van der Waals surface area contributed by atoms with Gasteiger partial charge in [-0.25, -0.2) is 14.6 Å². The predicted octanol–water partition coefficient (Wildman–Crippen LogP) is 5.33. The van der Waals surface area contributed by atoms with Crippen molar-refractivity contribution in [2.24, 2.45) is 0 Å². The van der Waals surface area contributed by atoms with Gasteiger partial charge < -0.3 is 19.4 Å². The van der Waals surface area contributed by atoms with Gasteiger partial charge in [0.05, 0.1) is 19.1 Å². The molecule has 1 N–H and O–H groups in total. The van der Waals surface area contributed by atoms with Crippen LogP contribution < -0.4 is 5.32 Å². The number of carbonyl (C=O) groups excluding carboxylic acids is 2. The van der Waals surface area contributed by atoms with Gasteiger partial charge in [0, 0.05) is 12.6 Å². The number of methoxy groups -OCH3 is 1. The number of hydrogen-bond donors (Lipinski definition) is 1. The minimum absolute atomic E-state index is 0.132. The number of ether oxygens (including phenoxy) is 2. The average molecular weight is 512 g/mol. The van der Waals surface area contributed by atoms with E-state index >= 15 is 0 Å². The minimum atomic E-state index is -0.960. The molecule has 0 saturated heterocycles. The zero-order valence-electron chi connectivity index (χ0n) is 22.1. The highest BCUT2D eigenvalue weighted by Crippen LogP contribution is 2.40. The molecule has 0 bridgehead atoms. The molecule has 4 rings (SSSR count). The van der Waals surface area contributed by atoms with Crippen LogP contribution in [-0.4, -0.2) is 40.4 Å². The number of nitrogens with zero attached hydrogens (tertiary/aromatic N) is 2. The minimum Gasteiger partial charge on any atom is -0.467 e. The molecular weight excluding hydrogens is 478 g/mol. The molecule has 0 aliphatic carbocycles. The molecule has 0 unspecified atom stereocenters. The molecule has 0 saturated carbocycles. The van der Waals surface area contributed by atoms with Crippen LogP contribution >= 0.6 is 0 Å². The lowest BCUT2D eigenvalue weighted by Crippen LogP contribution is -2.45. The fourth-order valence-corrected chi connectivity index (χ4v) is 4.63. The van der Waals surface area contributed by atoms with Gasteiger partial charge in [-0.05, 0) is 37.5 Å². The van der Waals surface area contributed by atoms with Gasteiger partial charge in [0.2, 0.25) is 0 Å². The lowest BCUT2D eigenvalue weighted by molar-refractivity contribution is -0.143. The Morgan fingerprint density at radius 3 is 1.74 bits per heavy atom. The molecule has 7 nitrogen and oxygen atoms in total. The molecule has 3 aromatic carbocycles. The van der Waals surface area contributed by atoms with Gasteiger partial charge in [-0.15, -0.1) is 0 Å². The quantitative estimate of drug-likeness (QED) is 0.255. The predicted molar refractivity (Wildman–Crippen MR) is 146 cm³/mol. The first-order chi connectivity index (χ1) is 18.2. The molecule has 4 aromatic rings. The highest BCUT2D eigenvalue weighted by Gasteiger charge is 2.38. The lowest BCUT2D eigenvalue weighted by Gasteiger charge is -2.37. The number of rotatable bonds is 8. The van der Waals surface area contributed by atoms with Crippen LogP contribution in [0.1, 0.15) is 43.2 Å². The number of hydrogen-bond acceptors (Lipinski definition) is 5. The van der Waals surface area contributed by atoms with Gasteiger partial charge in [-0.2, -0.15) is 0 Å². The number of carbonyl (C=O) groups is 2. The van der Waals surface area contributed by atoms with Crippen LogP contribution in [0.3, 0.4) is 0 Å². The average Bonchev–Trinajstić information content (AvgIpc) is 3.38. The number of nitrogens with one attached hydrogen (secondary N) is 1. The first-order valence-corrected chi connectivity index (χ1v) is 12.5. The molecular formula is C31H33N3O4. The van der Waals surface area contributed by atoms with E-state index in [4.69, 9.17) is 9.47 Å². The molecule has 0 radical (unpaired) electrons. The Morgan fingerprint density at radius 2 is 1.32 bits per heavy atom. The van der Waals surface area contributed by atoms with Crippen molar-refractivity contribution in [3.8, 4) is 0 Å². The van der Waals surface area contributed by atoms with E-state index in [1.54, 1.807) is 27.1 Å². The van der Waals surface area contributed by atoms with Crippen molar-refractivity contribution in [1.29, 1.82) is 0 Å². The van der Waals surface area contributed by atoms with E-state index < -0.39 is 29.2 Å². The third-order valence-electron chi connectivity index (χ3n) is 6.19. The summed E-state index contributed by atoms with van der Waals surface area (Å²) < 4.78 is 12.4. The monoisotopic (exact) mass is 511 g/mol. The Bertz CT molecular complexity index is 1250. The number of amides is 1. The highest BCUT2D eigenvalue weighted by molar-refractivity contribution is 5.81. The highest BCUT2D eigenvalue weighted by atomic mass is 16.6. The normalized spacial score (nSPS) is 12.4.